The van der Waals surface area contributed by atoms with E-state index < -0.39 is 30.3 Å². The quantitative estimate of drug-likeness (QED) is 0.505. The topological polar surface area (TPSA) is 99.0 Å². The molecule has 1 aliphatic heterocycles. The second-order valence-electron chi connectivity index (χ2n) is 8.71. The van der Waals surface area contributed by atoms with Gasteiger partial charge in [-0.05, 0) is 75.1 Å². The molecule has 8 nitrogen and oxygen atoms in total. The van der Waals surface area contributed by atoms with E-state index in [4.69, 9.17) is 28.8 Å². The normalized spacial score (nSPS) is 17.1. The van der Waals surface area contributed by atoms with Crippen molar-refractivity contribution in [3.8, 4) is 17.6 Å². The smallest absolute Gasteiger partial charge is 0.493 e. The molecular formula is C24H29BN2O6. The minimum Gasteiger partial charge on any atom is -0.493 e. The molecule has 1 heterocycles. The lowest BCUT2D eigenvalue weighted by molar-refractivity contribution is -0.141. The van der Waals surface area contributed by atoms with Crippen molar-refractivity contribution in [1.82, 2.24) is 0 Å². The number of ether oxygens (including phenoxy) is 3. The first kappa shape index (κ1) is 24.4. The molecule has 0 amide bonds. The second-order valence-corrected chi connectivity index (χ2v) is 8.71. The summed E-state index contributed by atoms with van der Waals surface area (Å²) in [6, 6.07) is 11.4. The standard InChI is InChI=1S/C24H29BN2O6/c1-23(2)24(3,4)33-25(32-23)18-13-20(30-6)19(29-5)12-17(18)21(22(28)31-7)27-16-10-8-15(14-26)9-11-16/h8-13,21,27H,1-7H3. The third-order valence-electron chi connectivity index (χ3n) is 6.17. The summed E-state index contributed by atoms with van der Waals surface area (Å²) in [6.45, 7) is 7.83. The third kappa shape index (κ3) is 4.77. The molecule has 33 heavy (non-hydrogen) atoms. The zero-order chi connectivity index (χ0) is 24.4. The van der Waals surface area contributed by atoms with Crippen LogP contribution >= 0.6 is 0 Å². The number of carbonyl (C=O) groups excluding carboxylic acids is 1. The Hall–Kier alpha value is -3.22. The molecule has 2 aromatic rings. The molecule has 0 radical (unpaired) electrons. The number of nitrogens with zero attached hydrogens (tertiary/aromatic N) is 1. The van der Waals surface area contributed by atoms with Crippen molar-refractivity contribution in [2.24, 2.45) is 0 Å². The van der Waals surface area contributed by atoms with E-state index in [9.17, 15) is 4.79 Å². The largest absolute Gasteiger partial charge is 0.495 e. The minimum atomic E-state index is -0.906. The van der Waals surface area contributed by atoms with Crippen molar-refractivity contribution in [2.75, 3.05) is 26.6 Å². The van der Waals surface area contributed by atoms with Crippen molar-refractivity contribution in [2.45, 2.75) is 44.9 Å². The fraction of sp³-hybridized carbons (Fsp3) is 0.417. The van der Waals surface area contributed by atoms with Gasteiger partial charge >= 0.3 is 13.1 Å². The molecule has 0 saturated carbocycles. The summed E-state index contributed by atoms with van der Waals surface area (Å²) in [4.78, 5) is 12.9. The summed E-state index contributed by atoms with van der Waals surface area (Å²) >= 11 is 0. The van der Waals surface area contributed by atoms with E-state index in [2.05, 4.69) is 11.4 Å². The van der Waals surface area contributed by atoms with Gasteiger partial charge in [-0.25, -0.2) is 4.79 Å². The molecule has 1 atom stereocenters. The minimum absolute atomic E-state index is 0.447. The Kier molecular flexibility index (Phi) is 6.91. The van der Waals surface area contributed by atoms with Crippen molar-refractivity contribution in [3.63, 3.8) is 0 Å². The van der Waals surface area contributed by atoms with Gasteiger partial charge in [0, 0.05) is 5.69 Å². The summed E-state index contributed by atoms with van der Waals surface area (Å²) in [5, 5.41) is 12.3. The van der Waals surface area contributed by atoms with Crippen LogP contribution in [0.5, 0.6) is 11.5 Å². The Bertz CT molecular complexity index is 1050. The van der Waals surface area contributed by atoms with Gasteiger partial charge in [0.2, 0.25) is 0 Å². The van der Waals surface area contributed by atoms with Crippen LogP contribution in [0.1, 0.15) is 44.9 Å². The number of hydrogen-bond acceptors (Lipinski definition) is 8. The Labute approximate surface area is 194 Å². The molecule has 2 aromatic carbocycles. The predicted molar refractivity (Wildman–Crippen MR) is 125 cm³/mol. The fourth-order valence-corrected chi connectivity index (χ4v) is 3.52. The SMILES string of the molecule is COC(=O)C(Nc1ccc(C#N)cc1)c1cc(OC)c(OC)cc1B1OC(C)(C)C(C)(C)O1. The molecule has 0 aliphatic carbocycles. The van der Waals surface area contributed by atoms with E-state index in [0.29, 0.717) is 33.8 Å². The lowest BCUT2D eigenvalue weighted by Crippen LogP contribution is -2.41. The Morgan fingerprint density at radius 1 is 1.00 bits per heavy atom. The van der Waals surface area contributed by atoms with Crippen LogP contribution in [-0.4, -0.2) is 45.6 Å². The van der Waals surface area contributed by atoms with Crippen molar-refractivity contribution in [1.29, 1.82) is 5.26 Å². The molecule has 174 valence electrons. The summed E-state index contributed by atoms with van der Waals surface area (Å²) < 4.78 is 28.7. The highest BCUT2D eigenvalue weighted by Gasteiger charge is 2.53. The van der Waals surface area contributed by atoms with Crippen LogP contribution < -0.4 is 20.3 Å². The number of methoxy groups -OCH3 is 3. The number of nitrogens with one attached hydrogen (secondary N) is 1. The van der Waals surface area contributed by atoms with Crippen LogP contribution in [0.15, 0.2) is 36.4 Å². The number of carbonyl (C=O) groups is 1. The number of nitriles is 1. The molecule has 9 heteroatoms. The van der Waals surface area contributed by atoms with Gasteiger partial charge in [-0.2, -0.15) is 5.26 Å². The molecule has 1 saturated heterocycles. The summed E-state index contributed by atoms with van der Waals surface area (Å²) in [7, 11) is 3.64. The lowest BCUT2D eigenvalue weighted by Gasteiger charge is -2.32. The number of anilines is 1. The third-order valence-corrected chi connectivity index (χ3v) is 6.17. The number of esters is 1. The van der Waals surface area contributed by atoms with E-state index in [-0.39, 0.29) is 0 Å². The molecular weight excluding hydrogens is 423 g/mol. The summed E-state index contributed by atoms with van der Waals surface area (Å²) in [6.07, 6.45) is 0. The molecule has 1 unspecified atom stereocenters. The first-order valence-corrected chi connectivity index (χ1v) is 10.5. The maximum Gasteiger partial charge on any atom is 0.495 e. The van der Waals surface area contributed by atoms with Gasteiger partial charge in [-0.15, -0.1) is 0 Å². The maximum absolute atomic E-state index is 12.9. The van der Waals surface area contributed by atoms with Gasteiger partial charge in [-0.3, -0.25) is 0 Å². The monoisotopic (exact) mass is 452 g/mol. The molecule has 1 aliphatic rings. The zero-order valence-corrected chi connectivity index (χ0v) is 20.0. The van der Waals surface area contributed by atoms with Crippen molar-refractivity contribution >= 4 is 24.2 Å². The highest BCUT2D eigenvalue weighted by atomic mass is 16.7. The molecule has 1 N–H and O–H groups in total. The van der Waals surface area contributed by atoms with Crippen LogP contribution in [0.2, 0.25) is 0 Å². The first-order chi connectivity index (χ1) is 15.6. The Morgan fingerprint density at radius 3 is 2.03 bits per heavy atom. The average Bonchev–Trinajstić information content (AvgIpc) is 3.03. The first-order valence-electron chi connectivity index (χ1n) is 10.5. The van der Waals surface area contributed by atoms with Crippen LogP contribution in [0.3, 0.4) is 0 Å². The van der Waals surface area contributed by atoms with Crippen molar-refractivity contribution < 1.29 is 28.3 Å². The number of rotatable bonds is 7. The van der Waals surface area contributed by atoms with E-state index in [1.807, 2.05) is 27.7 Å². The van der Waals surface area contributed by atoms with Crippen LogP contribution in [0.4, 0.5) is 5.69 Å². The van der Waals surface area contributed by atoms with E-state index in [0.717, 1.165) is 0 Å². The van der Waals surface area contributed by atoms with Crippen LogP contribution in [0.25, 0.3) is 0 Å². The fourth-order valence-electron chi connectivity index (χ4n) is 3.52. The highest BCUT2D eigenvalue weighted by Crippen LogP contribution is 2.39. The molecule has 0 bridgehead atoms. The lowest BCUT2D eigenvalue weighted by atomic mass is 9.74. The van der Waals surface area contributed by atoms with Gasteiger partial charge in [0.15, 0.2) is 17.5 Å². The second kappa shape index (κ2) is 9.34. The summed E-state index contributed by atoms with van der Waals surface area (Å²) in [5.74, 6) is 0.417. The van der Waals surface area contributed by atoms with E-state index >= 15 is 0 Å². The van der Waals surface area contributed by atoms with Gasteiger partial charge in [-0.1, -0.05) is 0 Å². The Morgan fingerprint density at radius 2 is 1.55 bits per heavy atom. The van der Waals surface area contributed by atoms with Gasteiger partial charge in [0.05, 0.1) is 44.2 Å². The molecule has 1 fully saturated rings. The molecule has 0 aromatic heterocycles. The van der Waals surface area contributed by atoms with Crippen molar-refractivity contribution in [3.05, 3.63) is 47.5 Å². The average molecular weight is 452 g/mol. The van der Waals surface area contributed by atoms with Gasteiger partial charge in [0.25, 0.3) is 0 Å². The highest BCUT2D eigenvalue weighted by molar-refractivity contribution is 6.63. The number of hydrogen-bond donors (Lipinski definition) is 1. The maximum atomic E-state index is 12.9. The molecule has 0 spiro atoms. The number of benzene rings is 2. The predicted octanol–water partition coefficient (Wildman–Crippen LogP) is 3.20. The van der Waals surface area contributed by atoms with Gasteiger partial charge in [0.1, 0.15) is 0 Å². The van der Waals surface area contributed by atoms with Gasteiger partial charge < -0.3 is 28.8 Å². The summed E-state index contributed by atoms with van der Waals surface area (Å²) in [5.41, 5.74) is 1.16. The zero-order valence-electron chi connectivity index (χ0n) is 20.0. The Balaban J connectivity index is 2.13. The van der Waals surface area contributed by atoms with Crippen LogP contribution in [0, 0.1) is 11.3 Å². The van der Waals surface area contributed by atoms with E-state index in [1.165, 1.54) is 14.2 Å². The molecule has 3 rings (SSSR count). The van der Waals surface area contributed by atoms with Crippen LogP contribution in [-0.2, 0) is 18.8 Å². The van der Waals surface area contributed by atoms with E-state index in [1.54, 1.807) is 43.5 Å².